The average Bonchev–Trinajstić information content (AvgIpc) is 1.66. The first-order chi connectivity index (χ1) is 4.15. The van der Waals surface area contributed by atoms with Crippen LogP contribution < -0.4 is 49.6 Å². The number of hydrogen-bond acceptors (Lipinski definition) is 1. The zero-order valence-electron chi connectivity index (χ0n) is 7.55. The summed E-state index contributed by atoms with van der Waals surface area (Å²) in [6, 6.07) is 0. The van der Waals surface area contributed by atoms with E-state index in [1.165, 1.54) is 0 Å². The zero-order chi connectivity index (χ0) is 7.70. The number of hydrogen-bond donors (Lipinski definition) is 0. The molecular formula is C4H10BCl4F3OTi. The molecule has 0 amide bonds. The Balaban J connectivity index is -0.0000000104. The first kappa shape index (κ1) is 44.8. The van der Waals surface area contributed by atoms with Gasteiger partial charge in [-0.1, -0.05) is 0 Å². The molecule has 0 aliphatic rings. The van der Waals surface area contributed by atoms with Crippen LogP contribution in [0.4, 0.5) is 12.9 Å². The molecule has 0 atom stereocenters. The Labute approximate surface area is 123 Å². The van der Waals surface area contributed by atoms with Gasteiger partial charge in [-0.25, -0.2) is 0 Å². The van der Waals surface area contributed by atoms with Gasteiger partial charge in [0.15, 0.2) is 0 Å². The maximum atomic E-state index is 9.67. The van der Waals surface area contributed by atoms with Crippen molar-refractivity contribution >= 4 is 7.54 Å². The summed E-state index contributed by atoms with van der Waals surface area (Å²) in [6.07, 6.45) is 0. The predicted molar refractivity (Wildman–Crippen MR) is 31.2 cm³/mol. The maximum Gasteiger partial charge on any atom is 4.00 e. The molecule has 14 heavy (non-hydrogen) atoms. The van der Waals surface area contributed by atoms with E-state index in [1.54, 1.807) is 0 Å². The fourth-order valence-corrected chi connectivity index (χ4v) is 0.204. The van der Waals surface area contributed by atoms with Crippen LogP contribution in [0.3, 0.4) is 0 Å². The molecule has 0 unspecified atom stereocenters. The van der Waals surface area contributed by atoms with Crippen molar-refractivity contribution in [3.63, 3.8) is 0 Å². The molecule has 0 aromatic heterocycles. The minimum absolute atomic E-state index is 0. The second kappa shape index (κ2) is 46.6. The fraction of sp³-hybridized carbons (Fsp3) is 1.00. The molecule has 0 rings (SSSR count). The van der Waals surface area contributed by atoms with Crippen LogP contribution in [-0.4, -0.2) is 20.8 Å². The van der Waals surface area contributed by atoms with Gasteiger partial charge in [0.25, 0.3) is 0 Å². The molecule has 0 saturated carbocycles. The Hall–Kier alpha value is 1.69. The number of halogens is 7. The van der Waals surface area contributed by atoms with E-state index in [2.05, 4.69) is 0 Å². The molecule has 0 fully saturated rings. The van der Waals surface area contributed by atoms with Crippen molar-refractivity contribution in [3.05, 3.63) is 0 Å². The van der Waals surface area contributed by atoms with E-state index < -0.39 is 7.54 Å². The maximum absolute atomic E-state index is 9.67. The second-order valence-corrected chi connectivity index (χ2v) is 1.03. The Kier molecular flexibility index (Phi) is 149. The summed E-state index contributed by atoms with van der Waals surface area (Å²) in [5.74, 6) is 0. The minimum Gasteiger partial charge on any atom is -1.00 e. The van der Waals surface area contributed by atoms with Gasteiger partial charge in [0.2, 0.25) is 0 Å². The molecule has 1 nitrogen and oxygen atoms in total. The summed E-state index contributed by atoms with van der Waals surface area (Å²) in [6.45, 7) is 5.67. The van der Waals surface area contributed by atoms with Gasteiger partial charge in [0.05, 0.1) is 0 Å². The molecule has 0 N–H and O–H groups in total. The van der Waals surface area contributed by atoms with Crippen molar-refractivity contribution in [1.82, 2.24) is 0 Å². The van der Waals surface area contributed by atoms with E-state index in [0.717, 1.165) is 13.2 Å². The molecule has 0 radical (unpaired) electrons. The third kappa shape index (κ3) is 162. The third-order valence-electron chi connectivity index (χ3n) is 0.408. The Bertz CT molecular complexity index is 56.8. The summed E-state index contributed by atoms with van der Waals surface area (Å²) >= 11 is 0. The fourth-order valence-electron chi connectivity index (χ4n) is 0.204. The molecule has 0 aliphatic heterocycles. The first-order valence-electron chi connectivity index (χ1n) is 2.65. The molecule has 0 aromatic rings. The van der Waals surface area contributed by atoms with Gasteiger partial charge in [0, 0.05) is 13.2 Å². The summed E-state index contributed by atoms with van der Waals surface area (Å²) < 4.78 is 33.8. The van der Waals surface area contributed by atoms with Crippen LogP contribution in [-0.2, 0) is 26.5 Å². The van der Waals surface area contributed by atoms with Crippen molar-refractivity contribution in [1.29, 1.82) is 0 Å². The SMILES string of the molecule is CCOCC.FB(F)F.[Cl-].[Cl-].[Cl-].[Cl-].[Ti+4]. The summed E-state index contributed by atoms with van der Waals surface area (Å²) in [5, 5.41) is 0. The van der Waals surface area contributed by atoms with Gasteiger partial charge in [-0.2, -0.15) is 0 Å². The van der Waals surface area contributed by atoms with Crippen molar-refractivity contribution < 1.29 is 89.0 Å². The number of ether oxygens (including phenoxy) is 1. The molecule has 88 valence electrons. The van der Waals surface area contributed by atoms with Crippen LogP contribution in [0.2, 0.25) is 0 Å². The van der Waals surface area contributed by atoms with Crippen LogP contribution in [0.1, 0.15) is 13.8 Å². The number of rotatable bonds is 2. The van der Waals surface area contributed by atoms with E-state index in [0.29, 0.717) is 0 Å². The summed E-state index contributed by atoms with van der Waals surface area (Å²) in [4.78, 5) is 0. The van der Waals surface area contributed by atoms with Crippen molar-refractivity contribution in [2.75, 3.05) is 13.2 Å². The monoisotopic (exact) mass is 330 g/mol. The molecule has 0 bridgehead atoms. The third-order valence-corrected chi connectivity index (χ3v) is 0.408. The van der Waals surface area contributed by atoms with E-state index in [1.807, 2.05) is 13.8 Å². The molecular weight excluding hydrogens is 322 g/mol. The first-order valence-corrected chi connectivity index (χ1v) is 2.65. The van der Waals surface area contributed by atoms with E-state index in [4.69, 9.17) is 4.74 Å². The molecule has 0 heterocycles. The smallest absolute Gasteiger partial charge is 1.00 e. The normalized spacial score (nSPS) is 4.93. The van der Waals surface area contributed by atoms with Crippen LogP contribution >= 0.6 is 0 Å². The van der Waals surface area contributed by atoms with Gasteiger partial charge in [-0.15, -0.1) is 0 Å². The molecule has 0 saturated heterocycles. The van der Waals surface area contributed by atoms with Crippen molar-refractivity contribution in [3.8, 4) is 0 Å². The molecule has 0 aliphatic carbocycles. The van der Waals surface area contributed by atoms with Gasteiger partial charge in [-0.3, -0.25) is 12.9 Å². The van der Waals surface area contributed by atoms with Gasteiger partial charge in [0.1, 0.15) is 0 Å². The standard InChI is InChI=1S/C4H10O.BF3.4ClH.Ti/c1-3-5-4-2;2-1(3)4;;;;;/h3-4H2,1-2H3;;4*1H;/q;;;;;;+4/p-4. The average molecular weight is 332 g/mol. The van der Waals surface area contributed by atoms with Crippen molar-refractivity contribution in [2.45, 2.75) is 13.8 Å². The summed E-state index contributed by atoms with van der Waals surface area (Å²) in [7, 11) is -3.67. The largest absolute Gasteiger partial charge is 4.00 e. The second-order valence-electron chi connectivity index (χ2n) is 1.03. The van der Waals surface area contributed by atoms with E-state index >= 15 is 0 Å². The molecule has 0 aromatic carbocycles. The van der Waals surface area contributed by atoms with E-state index in [9.17, 15) is 12.9 Å². The van der Waals surface area contributed by atoms with Crippen molar-refractivity contribution in [2.24, 2.45) is 0 Å². The Morgan fingerprint density at radius 2 is 1.00 bits per heavy atom. The Morgan fingerprint density at radius 3 is 1.00 bits per heavy atom. The quantitative estimate of drug-likeness (QED) is 0.457. The Morgan fingerprint density at radius 1 is 0.857 bits per heavy atom. The van der Waals surface area contributed by atoms with Crippen LogP contribution in [0.25, 0.3) is 0 Å². The predicted octanol–water partition coefficient (Wildman–Crippen LogP) is -10.1. The van der Waals surface area contributed by atoms with Gasteiger partial charge in [-0.05, 0) is 13.8 Å². The molecule has 0 spiro atoms. The van der Waals surface area contributed by atoms with Gasteiger partial charge < -0.3 is 54.4 Å². The van der Waals surface area contributed by atoms with Gasteiger partial charge >= 0.3 is 29.3 Å². The van der Waals surface area contributed by atoms with Crippen LogP contribution in [0.5, 0.6) is 0 Å². The zero-order valence-corrected chi connectivity index (χ0v) is 12.1. The summed E-state index contributed by atoms with van der Waals surface area (Å²) in [5.41, 5.74) is 0. The topological polar surface area (TPSA) is 9.23 Å². The van der Waals surface area contributed by atoms with E-state index in [-0.39, 0.29) is 71.3 Å². The van der Waals surface area contributed by atoms with Crippen LogP contribution in [0, 0.1) is 0 Å². The molecule has 10 heteroatoms. The van der Waals surface area contributed by atoms with Crippen LogP contribution in [0.15, 0.2) is 0 Å². The minimum atomic E-state index is -3.67.